The van der Waals surface area contributed by atoms with E-state index in [2.05, 4.69) is 21.3 Å². The van der Waals surface area contributed by atoms with Crippen molar-refractivity contribution in [3.8, 4) is 6.07 Å². The van der Waals surface area contributed by atoms with Crippen molar-refractivity contribution in [3.63, 3.8) is 0 Å². The number of hydrogen-bond donors (Lipinski definition) is 1. The summed E-state index contributed by atoms with van der Waals surface area (Å²) in [5.74, 6) is 0.819. The van der Waals surface area contributed by atoms with Gasteiger partial charge in [-0.1, -0.05) is 12.1 Å². The molecule has 3 heterocycles. The second-order valence-electron chi connectivity index (χ2n) is 7.66. The molecule has 0 spiro atoms. The van der Waals surface area contributed by atoms with Crippen molar-refractivity contribution in [2.75, 3.05) is 24.5 Å². The molecule has 2 aliphatic rings. The van der Waals surface area contributed by atoms with Gasteiger partial charge in [-0.05, 0) is 42.7 Å². The van der Waals surface area contributed by atoms with E-state index < -0.39 is 0 Å². The number of carbonyl (C=O) groups excluding carboxylic acids is 1. The van der Waals surface area contributed by atoms with Gasteiger partial charge >= 0.3 is 0 Å². The van der Waals surface area contributed by atoms with Crippen LogP contribution in [0.3, 0.4) is 0 Å². The molecule has 1 aromatic carbocycles. The molecule has 0 saturated carbocycles. The number of hydrogen-bond acceptors (Lipinski definition) is 5. The molecule has 2 saturated heterocycles. The zero-order chi connectivity index (χ0) is 20.2. The van der Waals surface area contributed by atoms with Crippen molar-refractivity contribution < 1.29 is 9.18 Å². The van der Waals surface area contributed by atoms with E-state index in [4.69, 9.17) is 5.26 Å². The molecule has 150 valence electrons. The largest absolute Gasteiger partial charge is 0.347 e. The molecule has 6 nitrogen and oxygen atoms in total. The van der Waals surface area contributed by atoms with Gasteiger partial charge in [0.15, 0.2) is 0 Å². The Labute approximate surface area is 170 Å². The third-order valence-corrected chi connectivity index (χ3v) is 5.73. The van der Waals surface area contributed by atoms with Gasteiger partial charge in [0.2, 0.25) is 5.91 Å². The van der Waals surface area contributed by atoms with Crippen LogP contribution in [0.25, 0.3) is 0 Å². The smallest absolute Gasteiger partial charge is 0.223 e. The minimum absolute atomic E-state index is 0.168. The molecule has 7 heteroatoms. The highest BCUT2D eigenvalue weighted by atomic mass is 19.1. The molecule has 2 bridgehead atoms. The Kier molecular flexibility index (Phi) is 5.72. The maximum absolute atomic E-state index is 12.9. The van der Waals surface area contributed by atoms with Gasteiger partial charge in [0.25, 0.3) is 0 Å². The third-order valence-electron chi connectivity index (χ3n) is 5.73. The Hall–Kier alpha value is -2.98. The Bertz CT molecular complexity index is 879. The van der Waals surface area contributed by atoms with E-state index in [0.29, 0.717) is 25.1 Å². The van der Waals surface area contributed by atoms with Crippen LogP contribution in [0.4, 0.5) is 10.2 Å². The van der Waals surface area contributed by atoms with Crippen molar-refractivity contribution in [2.24, 2.45) is 0 Å². The van der Waals surface area contributed by atoms with Gasteiger partial charge in [-0.3, -0.25) is 4.79 Å². The van der Waals surface area contributed by atoms with Gasteiger partial charge in [0.05, 0.1) is 5.56 Å². The molecule has 2 atom stereocenters. The Morgan fingerprint density at radius 3 is 2.52 bits per heavy atom. The molecular formula is C22H24FN5O. The van der Waals surface area contributed by atoms with Gasteiger partial charge in [-0.15, -0.1) is 0 Å². The summed E-state index contributed by atoms with van der Waals surface area (Å²) in [7, 11) is 0. The monoisotopic (exact) mass is 393 g/mol. The number of aromatic nitrogens is 1. The summed E-state index contributed by atoms with van der Waals surface area (Å²) >= 11 is 0. The van der Waals surface area contributed by atoms with E-state index in [-0.39, 0.29) is 23.8 Å². The topological polar surface area (TPSA) is 72.3 Å². The van der Waals surface area contributed by atoms with Gasteiger partial charge in [0.1, 0.15) is 17.7 Å². The number of benzene rings is 1. The number of nitriles is 1. The summed E-state index contributed by atoms with van der Waals surface area (Å²) in [5, 5.41) is 12.2. The second kappa shape index (κ2) is 8.58. The number of amides is 1. The number of nitrogens with one attached hydrogen (secondary N) is 1. The first-order valence-corrected chi connectivity index (χ1v) is 10.0. The predicted molar refractivity (Wildman–Crippen MR) is 108 cm³/mol. The van der Waals surface area contributed by atoms with Crippen LogP contribution in [-0.2, 0) is 11.3 Å². The van der Waals surface area contributed by atoms with Crippen LogP contribution in [0.2, 0.25) is 0 Å². The fraction of sp³-hybridized carbons (Fsp3) is 0.409. The number of nitrogens with zero attached hydrogens (tertiary/aromatic N) is 4. The van der Waals surface area contributed by atoms with Crippen LogP contribution >= 0.6 is 0 Å². The number of piperazine rings is 1. The van der Waals surface area contributed by atoms with Crippen LogP contribution in [0.15, 0.2) is 42.6 Å². The van der Waals surface area contributed by atoms with E-state index in [1.165, 1.54) is 12.1 Å². The molecule has 2 aromatic rings. The molecule has 2 unspecified atom stereocenters. The molecule has 29 heavy (non-hydrogen) atoms. The summed E-state index contributed by atoms with van der Waals surface area (Å²) < 4.78 is 12.9. The lowest BCUT2D eigenvalue weighted by Gasteiger charge is -2.41. The van der Waals surface area contributed by atoms with Crippen molar-refractivity contribution in [1.82, 2.24) is 15.2 Å². The van der Waals surface area contributed by atoms with Crippen molar-refractivity contribution in [1.29, 1.82) is 5.26 Å². The fourth-order valence-electron chi connectivity index (χ4n) is 4.27. The van der Waals surface area contributed by atoms with Crippen LogP contribution in [0.5, 0.6) is 0 Å². The maximum Gasteiger partial charge on any atom is 0.223 e. The number of fused-ring (bicyclic) bond motifs is 2. The quantitative estimate of drug-likeness (QED) is 0.764. The lowest BCUT2D eigenvalue weighted by atomic mass is 10.1. The highest BCUT2D eigenvalue weighted by Crippen LogP contribution is 2.34. The van der Waals surface area contributed by atoms with Crippen molar-refractivity contribution >= 4 is 11.7 Å². The molecule has 0 aliphatic carbocycles. The fourth-order valence-corrected chi connectivity index (χ4v) is 4.27. The van der Waals surface area contributed by atoms with Crippen molar-refractivity contribution in [3.05, 3.63) is 59.5 Å². The van der Waals surface area contributed by atoms with E-state index in [1.807, 2.05) is 11.0 Å². The van der Waals surface area contributed by atoms with Gasteiger partial charge in [0, 0.05) is 50.9 Å². The Balaban J connectivity index is 1.27. The van der Waals surface area contributed by atoms with Crippen LogP contribution in [0.1, 0.15) is 30.4 Å². The zero-order valence-corrected chi connectivity index (χ0v) is 16.2. The predicted octanol–water partition coefficient (Wildman–Crippen LogP) is 2.45. The first-order valence-electron chi connectivity index (χ1n) is 10.0. The molecular weight excluding hydrogens is 369 g/mol. The highest BCUT2D eigenvalue weighted by molar-refractivity contribution is 5.77. The standard InChI is InChI=1S/C22H24FN5O/c23-18-4-1-16(2-5-18)12-25-10-9-22(29)27-14-19-6-7-20(15-27)28(19)21-8-3-17(11-24)13-26-21/h1-5,8,13,19-20,25H,6-7,9-10,12,14-15H2. The highest BCUT2D eigenvalue weighted by Gasteiger charge is 2.41. The molecule has 1 N–H and O–H groups in total. The molecule has 2 fully saturated rings. The zero-order valence-electron chi connectivity index (χ0n) is 16.2. The van der Waals surface area contributed by atoms with Gasteiger partial charge in [-0.25, -0.2) is 9.37 Å². The first kappa shape index (κ1) is 19.3. The second-order valence-corrected chi connectivity index (χ2v) is 7.66. The van der Waals surface area contributed by atoms with Gasteiger partial charge in [-0.2, -0.15) is 5.26 Å². The number of likely N-dealkylation sites (tertiary alicyclic amines) is 1. The first-order chi connectivity index (χ1) is 14.1. The molecule has 1 aromatic heterocycles. The van der Waals surface area contributed by atoms with E-state index in [1.54, 1.807) is 24.4 Å². The van der Waals surface area contributed by atoms with Crippen LogP contribution < -0.4 is 10.2 Å². The third kappa shape index (κ3) is 4.38. The Morgan fingerprint density at radius 1 is 1.17 bits per heavy atom. The molecule has 1 amide bonds. The van der Waals surface area contributed by atoms with Crippen molar-refractivity contribution in [2.45, 2.75) is 37.9 Å². The molecule has 0 radical (unpaired) electrons. The number of halogens is 1. The summed E-state index contributed by atoms with van der Waals surface area (Å²) in [6.45, 7) is 2.66. The number of anilines is 1. The summed E-state index contributed by atoms with van der Waals surface area (Å²) in [6, 6.07) is 12.8. The van der Waals surface area contributed by atoms with Crippen LogP contribution in [-0.4, -0.2) is 47.5 Å². The van der Waals surface area contributed by atoms with E-state index in [9.17, 15) is 9.18 Å². The lowest BCUT2D eigenvalue weighted by Crippen LogP contribution is -2.56. The minimum atomic E-state index is -0.242. The lowest BCUT2D eigenvalue weighted by molar-refractivity contribution is -0.132. The van der Waals surface area contributed by atoms with Gasteiger partial charge < -0.3 is 15.1 Å². The average Bonchev–Trinajstić information content (AvgIpc) is 3.01. The summed E-state index contributed by atoms with van der Waals surface area (Å²) in [5.41, 5.74) is 1.56. The average molecular weight is 393 g/mol. The van der Waals surface area contributed by atoms with E-state index >= 15 is 0 Å². The summed E-state index contributed by atoms with van der Waals surface area (Å²) in [4.78, 5) is 21.4. The molecule has 2 aliphatic heterocycles. The number of pyridine rings is 1. The summed E-state index contributed by atoms with van der Waals surface area (Å²) in [6.07, 6.45) is 4.17. The normalized spacial score (nSPS) is 20.6. The number of rotatable bonds is 6. The van der Waals surface area contributed by atoms with Crippen LogP contribution in [0, 0.1) is 17.1 Å². The maximum atomic E-state index is 12.9. The molecule has 4 rings (SSSR count). The Morgan fingerprint density at radius 2 is 1.90 bits per heavy atom. The number of carbonyl (C=O) groups is 1. The SMILES string of the molecule is N#Cc1ccc(N2C3CCC2CN(C(=O)CCNCc2ccc(F)cc2)C3)nc1. The minimum Gasteiger partial charge on any atom is -0.347 e. The van der Waals surface area contributed by atoms with E-state index in [0.717, 1.165) is 37.3 Å².